The molecule has 1 rings (SSSR count). The molecule has 1 aromatic rings. The minimum Gasteiger partial charge on any atom is -0.480 e. The molecule has 76 valence electrons. The van der Waals surface area contributed by atoms with Gasteiger partial charge in [-0.3, -0.25) is 4.79 Å². The van der Waals surface area contributed by atoms with Crippen molar-refractivity contribution in [2.75, 3.05) is 5.73 Å². The molecule has 0 saturated heterocycles. The second kappa shape index (κ2) is 4.11. The van der Waals surface area contributed by atoms with E-state index in [-0.39, 0.29) is 6.42 Å². The predicted octanol–water partition coefficient (Wildman–Crippen LogP) is 0.532. The van der Waals surface area contributed by atoms with Crippen LogP contribution >= 0.6 is 0 Å². The van der Waals surface area contributed by atoms with E-state index >= 15 is 0 Å². The number of hydrogen-bond acceptors (Lipinski definition) is 3. The lowest BCUT2D eigenvalue weighted by atomic mass is 10.0. The van der Waals surface area contributed by atoms with Crippen molar-refractivity contribution in [3.63, 3.8) is 0 Å². The zero-order valence-corrected chi connectivity index (χ0v) is 8.03. The average molecular weight is 194 g/mol. The van der Waals surface area contributed by atoms with E-state index in [1.54, 1.807) is 0 Å². The summed E-state index contributed by atoms with van der Waals surface area (Å²) in [6, 6.07) is 4.62. The van der Waals surface area contributed by atoms with E-state index in [4.69, 9.17) is 16.6 Å². The molecule has 0 aliphatic carbocycles. The van der Waals surface area contributed by atoms with Gasteiger partial charge in [0.25, 0.3) is 0 Å². The predicted molar refractivity (Wildman–Crippen MR) is 54.9 cm³/mol. The van der Waals surface area contributed by atoms with Gasteiger partial charge in [-0.1, -0.05) is 12.1 Å². The fourth-order valence-corrected chi connectivity index (χ4v) is 1.22. The Hall–Kier alpha value is -1.55. The first-order chi connectivity index (χ1) is 6.50. The Morgan fingerprint density at radius 2 is 2.21 bits per heavy atom. The SMILES string of the molecule is Cc1ccc(CC(N)C(=O)O)c(N)c1. The van der Waals surface area contributed by atoms with Crippen LogP contribution in [0.2, 0.25) is 0 Å². The number of benzene rings is 1. The van der Waals surface area contributed by atoms with Gasteiger partial charge < -0.3 is 16.6 Å². The first kappa shape index (κ1) is 10.5. The molecule has 0 radical (unpaired) electrons. The molecule has 0 saturated carbocycles. The van der Waals surface area contributed by atoms with Crippen molar-refractivity contribution < 1.29 is 9.90 Å². The van der Waals surface area contributed by atoms with Crippen LogP contribution in [0.1, 0.15) is 11.1 Å². The smallest absolute Gasteiger partial charge is 0.320 e. The fourth-order valence-electron chi connectivity index (χ4n) is 1.22. The maximum atomic E-state index is 10.5. The Morgan fingerprint density at radius 3 is 2.71 bits per heavy atom. The van der Waals surface area contributed by atoms with Crippen LogP contribution in [0.5, 0.6) is 0 Å². The summed E-state index contributed by atoms with van der Waals surface area (Å²) < 4.78 is 0. The summed E-state index contributed by atoms with van der Waals surface area (Å²) in [5.74, 6) is -1.01. The normalized spacial score (nSPS) is 12.4. The molecule has 0 aromatic heterocycles. The third-order valence-electron chi connectivity index (χ3n) is 2.06. The van der Waals surface area contributed by atoms with E-state index < -0.39 is 12.0 Å². The lowest BCUT2D eigenvalue weighted by Gasteiger charge is -2.09. The van der Waals surface area contributed by atoms with Gasteiger partial charge in [0, 0.05) is 12.1 Å². The molecule has 14 heavy (non-hydrogen) atoms. The first-order valence-electron chi connectivity index (χ1n) is 4.34. The van der Waals surface area contributed by atoms with Crippen LogP contribution in [-0.4, -0.2) is 17.1 Å². The highest BCUT2D eigenvalue weighted by molar-refractivity contribution is 5.74. The second-order valence-corrected chi connectivity index (χ2v) is 3.35. The van der Waals surface area contributed by atoms with E-state index in [1.807, 2.05) is 25.1 Å². The summed E-state index contributed by atoms with van der Waals surface area (Å²) in [5, 5.41) is 8.62. The van der Waals surface area contributed by atoms with Crippen LogP contribution < -0.4 is 11.5 Å². The molecule has 0 spiro atoms. The lowest BCUT2D eigenvalue weighted by molar-refractivity contribution is -0.138. The highest BCUT2D eigenvalue weighted by Gasteiger charge is 2.13. The number of carbonyl (C=O) groups is 1. The van der Waals surface area contributed by atoms with Gasteiger partial charge in [-0.2, -0.15) is 0 Å². The Labute approximate surface area is 82.5 Å². The molecule has 0 amide bonds. The maximum Gasteiger partial charge on any atom is 0.320 e. The van der Waals surface area contributed by atoms with Gasteiger partial charge in [0.1, 0.15) is 6.04 Å². The summed E-state index contributed by atoms with van der Waals surface area (Å²) >= 11 is 0. The van der Waals surface area contributed by atoms with Crippen molar-refractivity contribution in [3.05, 3.63) is 29.3 Å². The molecule has 1 aromatic carbocycles. The molecule has 0 heterocycles. The molecule has 0 aliphatic heterocycles. The third kappa shape index (κ3) is 2.47. The van der Waals surface area contributed by atoms with Crippen molar-refractivity contribution in [3.8, 4) is 0 Å². The third-order valence-corrected chi connectivity index (χ3v) is 2.06. The summed E-state index contributed by atoms with van der Waals surface area (Å²) in [6.45, 7) is 1.93. The number of hydrogen-bond donors (Lipinski definition) is 3. The number of carboxylic acid groups (broad SMARTS) is 1. The molecular weight excluding hydrogens is 180 g/mol. The summed E-state index contributed by atoms with van der Waals surface area (Å²) in [5.41, 5.74) is 13.6. The Bertz CT molecular complexity index is 350. The van der Waals surface area contributed by atoms with Crippen LogP contribution in [0.25, 0.3) is 0 Å². The zero-order chi connectivity index (χ0) is 10.7. The number of carboxylic acids is 1. The van der Waals surface area contributed by atoms with Crippen LogP contribution in [0.4, 0.5) is 5.69 Å². The van der Waals surface area contributed by atoms with Crippen molar-refractivity contribution in [2.24, 2.45) is 5.73 Å². The minimum absolute atomic E-state index is 0.265. The van der Waals surface area contributed by atoms with E-state index in [2.05, 4.69) is 0 Å². The number of anilines is 1. The van der Waals surface area contributed by atoms with Crippen LogP contribution in [-0.2, 0) is 11.2 Å². The van der Waals surface area contributed by atoms with Gasteiger partial charge in [-0.05, 0) is 24.1 Å². The molecule has 0 bridgehead atoms. The average Bonchev–Trinajstić information content (AvgIpc) is 2.09. The number of nitrogens with two attached hydrogens (primary N) is 2. The lowest BCUT2D eigenvalue weighted by Crippen LogP contribution is -2.32. The quantitative estimate of drug-likeness (QED) is 0.612. The topological polar surface area (TPSA) is 89.3 Å². The standard InChI is InChI=1S/C10H14N2O2/c1-6-2-3-7(8(11)4-6)5-9(12)10(13)14/h2-4,9H,5,11-12H2,1H3,(H,13,14). The zero-order valence-electron chi connectivity index (χ0n) is 8.03. The van der Waals surface area contributed by atoms with E-state index in [9.17, 15) is 4.79 Å². The van der Waals surface area contributed by atoms with Crippen molar-refractivity contribution in [1.29, 1.82) is 0 Å². The molecule has 5 N–H and O–H groups in total. The Morgan fingerprint density at radius 1 is 1.57 bits per heavy atom. The number of nitrogen functional groups attached to an aromatic ring is 1. The van der Waals surface area contributed by atoms with Gasteiger partial charge in [0.05, 0.1) is 0 Å². The van der Waals surface area contributed by atoms with Gasteiger partial charge in [0.15, 0.2) is 0 Å². The molecule has 4 heteroatoms. The van der Waals surface area contributed by atoms with E-state index in [0.29, 0.717) is 5.69 Å². The molecule has 0 fully saturated rings. The molecule has 1 unspecified atom stereocenters. The van der Waals surface area contributed by atoms with E-state index in [1.165, 1.54) is 0 Å². The van der Waals surface area contributed by atoms with Crippen molar-refractivity contribution in [2.45, 2.75) is 19.4 Å². The molecular formula is C10H14N2O2. The second-order valence-electron chi connectivity index (χ2n) is 3.35. The summed E-state index contributed by atoms with van der Waals surface area (Å²) in [4.78, 5) is 10.5. The van der Waals surface area contributed by atoms with Gasteiger partial charge in [-0.15, -0.1) is 0 Å². The minimum atomic E-state index is -1.01. The number of aliphatic carboxylic acids is 1. The fraction of sp³-hybridized carbons (Fsp3) is 0.300. The van der Waals surface area contributed by atoms with Gasteiger partial charge in [0.2, 0.25) is 0 Å². The highest BCUT2D eigenvalue weighted by Crippen LogP contribution is 2.15. The summed E-state index contributed by atoms with van der Waals surface area (Å²) in [6.07, 6.45) is 0.265. The number of aryl methyl sites for hydroxylation is 1. The largest absolute Gasteiger partial charge is 0.480 e. The van der Waals surface area contributed by atoms with Crippen molar-refractivity contribution in [1.82, 2.24) is 0 Å². The molecule has 1 atom stereocenters. The molecule has 0 aliphatic rings. The van der Waals surface area contributed by atoms with Crippen LogP contribution in [0, 0.1) is 6.92 Å². The van der Waals surface area contributed by atoms with Crippen molar-refractivity contribution >= 4 is 11.7 Å². The maximum absolute atomic E-state index is 10.5. The Kier molecular flexibility index (Phi) is 3.09. The van der Waals surface area contributed by atoms with E-state index in [0.717, 1.165) is 11.1 Å². The van der Waals surface area contributed by atoms with Gasteiger partial charge >= 0.3 is 5.97 Å². The first-order valence-corrected chi connectivity index (χ1v) is 4.34. The van der Waals surface area contributed by atoms with Crippen LogP contribution in [0.15, 0.2) is 18.2 Å². The number of rotatable bonds is 3. The molecule has 4 nitrogen and oxygen atoms in total. The Balaban J connectivity index is 2.82. The monoisotopic (exact) mass is 194 g/mol. The van der Waals surface area contributed by atoms with Crippen LogP contribution in [0.3, 0.4) is 0 Å². The highest BCUT2D eigenvalue weighted by atomic mass is 16.4. The summed E-state index contributed by atoms with van der Waals surface area (Å²) in [7, 11) is 0. The van der Waals surface area contributed by atoms with Gasteiger partial charge in [-0.25, -0.2) is 0 Å².